The van der Waals surface area contributed by atoms with Gasteiger partial charge in [-0.25, -0.2) is 8.42 Å². The molecule has 0 aliphatic carbocycles. The molecular formula is C30H43N2O3PPdS. The second-order valence-corrected chi connectivity index (χ2v) is 16.1. The Kier molecular flexibility index (Phi) is 15.0. The van der Waals surface area contributed by atoms with Crippen LogP contribution in [0.3, 0.4) is 0 Å². The number of anilines is 2. The summed E-state index contributed by atoms with van der Waals surface area (Å²) in [6, 6.07) is 28.6. The molecule has 8 heteroatoms. The largest absolute Gasteiger partial charge is 2.00 e. The molecule has 0 bridgehead atoms. The Hall–Kier alpha value is -1.74. The third kappa shape index (κ3) is 13.4. The Morgan fingerprint density at radius 3 is 1.71 bits per heavy atom. The van der Waals surface area contributed by atoms with Gasteiger partial charge in [-0.05, 0) is 39.5 Å². The number of hydrogen-bond donors (Lipinski definition) is 1. The molecule has 0 radical (unpaired) electrons. The summed E-state index contributed by atoms with van der Waals surface area (Å²) in [7, 11) is 2.00. The van der Waals surface area contributed by atoms with Crippen LogP contribution in [0.5, 0.6) is 0 Å². The number of benzene rings is 3. The van der Waals surface area contributed by atoms with Gasteiger partial charge in [0, 0.05) is 33.1 Å². The minimum atomic E-state index is -3.92. The van der Waals surface area contributed by atoms with Crippen molar-refractivity contribution in [2.24, 2.45) is 0 Å². The van der Waals surface area contributed by atoms with Crippen molar-refractivity contribution in [3.63, 3.8) is 0 Å². The first-order chi connectivity index (χ1) is 16.9. The van der Waals surface area contributed by atoms with Crippen LogP contribution >= 0.6 is 7.92 Å². The van der Waals surface area contributed by atoms with E-state index >= 15 is 0 Å². The molecule has 3 rings (SSSR count). The average Bonchev–Trinajstić information content (AvgIpc) is 2.77. The quantitative estimate of drug-likeness (QED) is 0.146. The fraction of sp³-hybridized carbons (Fsp3) is 0.400. The topological polar surface area (TPSA) is 72.5 Å². The van der Waals surface area contributed by atoms with Crippen molar-refractivity contribution in [2.45, 2.75) is 51.9 Å². The van der Waals surface area contributed by atoms with Crippen LogP contribution in [-0.2, 0) is 30.5 Å². The Balaban J connectivity index is 0.000000609. The molecule has 0 aliphatic rings. The number of nitrogens with one attached hydrogen (secondary N) is 1. The summed E-state index contributed by atoms with van der Waals surface area (Å²) in [4.78, 5) is 2.15. The van der Waals surface area contributed by atoms with Crippen LogP contribution < -0.4 is 15.5 Å². The predicted octanol–water partition coefficient (Wildman–Crippen LogP) is 6.81. The Labute approximate surface area is 246 Å². The molecule has 0 aliphatic heterocycles. The fourth-order valence-corrected chi connectivity index (χ4v) is 8.19. The third-order valence-electron chi connectivity index (χ3n) is 5.16. The van der Waals surface area contributed by atoms with E-state index in [-0.39, 0.29) is 28.3 Å². The van der Waals surface area contributed by atoms with Crippen LogP contribution in [0.25, 0.3) is 11.1 Å². The first-order valence-electron chi connectivity index (χ1n) is 12.2. The van der Waals surface area contributed by atoms with Crippen molar-refractivity contribution in [1.29, 1.82) is 0 Å². The van der Waals surface area contributed by atoms with Gasteiger partial charge in [0.05, 0.1) is 10.1 Å². The summed E-state index contributed by atoms with van der Waals surface area (Å²) >= 11 is 0. The molecule has 0 unspecified atom stereocenters. The SMILES string of the molecule is CN(C)c1ccc(P(C(C)(C)C)C(C)(C)C)cc1.CNc1ccccc1-c1[c-]cccc1.CS(=O)(=O)[O-].[Pd+2]. The molecule has 3 aromatic carbocycles. The first kappa shape index (κ1) is 36.3. The summed E-state index contributed by atoms with van der Waals surface area (Å²) in [6.45, 7) is 14.2. The third-order valence-corrected chi connectivity index (χ3v) is 8.66. The molecular weight excluding hydrogens is 606 g/mol. The summed E-state index contributed by atoms with van der Waals surface area (Å²) in [5.74, 6) is 0. The van der Waals surface area contributed by atoms with Crippen molar-refractivity contribution in [1.82, 2.24) is 0 Å². The molecule has 0 fully saturated rings. The van der Waals surface area contributed by atoms with Crippen LogP contribution in [0.1, 0.15) is 41.5 Å². The van der Waals surface area contributed by atoms with Crippen LogP contribution in [0.4, 0.5) is 11.4 Å². The maximum Gasteiger partial charge on any atom is 2.00 e. The van der Waals surface area contributed by atoms with E-state index in [0.29, 0.717) is 16.6 Å². The standard InChI is InChI=1S/C16H28NP.C13H12N.CH4O3S.Pd/c1-15(2,3)18(16(4,5)6)14-11-9-13(10-12-14)17(7)8;1-14-13-10-6-5-9-12(13)11-7-3-2-4-8-11;1-5(2,3)4;/h9-12H,1-8H3;2-7,9-10,14H,1H3;1H3,(H,2,3,4);/q;-1;;+2/p-1. The molecule has 0 saturated carbocycles. The van der Waals surface area contributed by atoms with Crippen LogP contribution in [0, 0.1) is 6.07 Å². The number of nitrogens with zero attached hydrogens (tertiary/aromatic N) is 1. The van der Waals surface area contributed by atoms with Gasteiger partial charge in [0.25, 0.3) is 0 Å². The van der Waals surface area contributed by atoms with Gasteiger partial charge in [-0.1, -0.05) is 85.4 Å². The summed E-state index contributed by atoms with van der Waals surface area (Å²) < 4.78 is 27.2. The van der Waals surface area contributed by atoms with E-state index in [4.69, 9.17) is 13.0 Å². The predicted molar refractivity (Wildman–Crippen MR) is 163 cm³/mol. The molecule has 0 saturated heterocycles. The average molecular weight is 649 g/mol. The van der Waals surface area contributed by atoms with Crippen LogP contribution in [0.15, 0.2) is 72.8 Å². The van der Waals surface area contributed by atoms with Crippen molar-refractivity contribution in [3.8, 4) is 11.1 Å². The van der Waals surface area contributed by atoms with Gasteiger partial charge in [0.2, 0.25) is 0 Å². The van der Waals surface area contributed by atoms with E-state index in [0.717, 1.165) is 11.3 Å². The molecule has 0 aromatic heterocycles. The van der Waals surface area contributed by atoms with E-state index < -0.39 is 10.1 Å². The second-order valence-electron chi connectivity index (χ2n) is 10.9. The Morgan fingerprint density at radius 1 is 0.842 bits per heavy atom. The van der Waals surface area contributed by atoms with Gasteiger partial charge >= 0.3 is 20.4 Å². The molecule has 0 heterocycles. The maximum atomic E-state index is 9.08. The van der Waals surface area contributed by atoms with E-state index in [9.17, 15) is 0 Å². The van der Waals surface area contributed by atoms with E-state index in [1.807, 2.05) is 37.4 Å². The minimum absolute atomic E-state index is 0. The molecule has 0 amide bonds. The molecule has 5 nitrogen and oxygen atoms in total. The monoisotopic (exact) mass is 648 g/mol. The second kappa shape index (κ2) is 15.8. The van der Waals surface area contributed by atoms with Crippen molar-refractivity contribution >= 4 is 34.7 Å². The van der Waals surface area contributed by atoms with Crippen molar-refractivity contribution < 1.29 is 33.4 Å². The van der Waals surface area contributed by atoms with Gasteiger partial charge in [0.15, 0.2) is 0 Å². The first-order valence-corrected chi connectivity index (χ1v) is 15.3. The van der Waals surface area contributed by atoms with E-state index in [1.165, 1.54) is 16.6 Å². The number of rotatable bonds is 4. The molecule has 0 spiro atoms. The molecule has 38 heavy (non-hydrogen) atoms. The number of hydrogen-bond acceptors (Lipinski definition) is 5. The fourth-order valence-electron chi connectivity index (χ4n) is 4.18. The zero-order valence-corrected chi connectivity index (χ0v) is 27.5. The smallest absolute Gasteiger partial charge is 0.748 e. The normalized spacial score (nSPS) is 11.3. The number of para-hydroxylation sites is 1. The maximum absolute atomic E-state index is 9.08. The van der Waals surface area contributed by atoms with Crippen LogP contribution in [-0.4, -0.2) is 50.7 Å². The van der Waals surface area contributed by atoms with Crippen molar-refractivity contribution in [2.75, 3.05) is 37.6 Å². The molecule has 1 N–H and O–H groups in total. The zero-order valence-electron chi connectivity index (χ0n) is 24.3. The summed E-state index contributed by atoms with van der Waals surface area (Å²) in [5.41, 5.74) is 4.72. The zero-order chi connectivity index (χ0) is 28.4. The van der Waals surface area contributed by atoms with Crippen LogP contribution in [0.2, 0.25) is 0 Å². The summed E-state index contributed by atoms with van der Waals surface area (Å²) in [5, 5.41) is 5.36. The summed E-state index contributed by atoms with van der Waals surface area (Å²) in [6.07, 6.45) is 0.604. The van der Waals surface area contributed by atoms with Gasteiger partial charge in [0.1, 0.15) is 0 Å². The minimum Gasteiger partial charge on any atom is -0.748 e. The Bertz CT molecular complexity index is 1170. The van der Waals surface area contributed by atoms with E-state index in [2.05, 4.69) is 114 Å². The molecule has 0 atom stereocenters. The van der Waals surface area contributed by atoms with Crippen molar-refractivity contribution in [3.05, 3.63) is 78.9 Å². The molecule has 212 valence electrons. The molecule has 3 aromatic rings. The van der Waals surface area contributed by atoms with Gasteiger partial charge in [-0.3, -0.25) is 0 Å². The van der Waals surface area contributed by atoms with Gasteiger partial charge in [-0.15, -0.1) is 35.9 Å². The van der Waals surface area contributed by atoms with Gasteiger partial charge < -0.3 is 14.8 Å². The van der Waals surface area contributed by atoms with Gasteiger partial charge in [-0.2, -0.15) is 0 Å². The van der Waals surface area contributed by atoms with E-state index in [1.54, 1.807) is 0 Å². The Morgan fingerprint density at radius 2 is 1.32 bits per heavy atom.